The number of hydrogen-bond acceptors (Lipinski definition) is 3. The van der Waals surface area contributed by atoms with E-state index in [-0.39, 0.29) is 12.6 Å². The summed E-state index contributed by atoms with van der Waals surface area (Å²) in [5.74, 6) is -0.430. The van der Waals surface area contributed by atoms with Crippen LogP contribution in [0, 0.1) is 11.3 Å². The number of carboxylic acid groups (broad SMARTS) is 1. The third kappa shape index (κ3) is 4.09. The van der Waals surface area contributed by atoms with E-state index in [4.69, 9.17) is 4.74 Å². The molecule has 1 heterocycles. The molecular formula is C15H26N2O4. The van der Waals surface area contributed by atoms with Crippen LogP contribution in [0.3, 0.4) is 0 Å². The highest BCUT2D eigenvalue weighted by Crippen LogP contribution is 2.31. The first kappa shape index (κ1) is 16.1. The first-order valence-electron chi connectivity index (χ1n) is 7.80. The number of carbonyl (C=O) groups is 2. The monoisotopic (exact) mass is 298 g/mol. The van der Waals surface area contributed by atoms with E-state index in [9.17, 15) is 14.7 Å². The molecule has 0 bridgehead atoms. The number of urea groups is 1. The third-order valence-corrected chi connectivity index (χ3v) is 4.29. The van der Waals surface area contributed by atoms with Crippen molar-refractivity contribution in [2.24, 2.45) is 11.3 Å². The molecule has 2 aliphatic rings. The van der Waals surface area contributed by atoms with Gasteiger partial charge >= 0.3 is 12.0 Å². The van der Waals surface area contributed by atoms with Crippen molar-refractivity contribution in [2.75, 3.05) is 26.3 Å². The lowest BCUT2D eigenvalue weighted by molar-refractivity contribution is -0.154. The molecule has 0 spiro atoms. The summed E-state index contributed by atoms with van der Waals surface area (Å²) < 4.78 is 5.24. The van der Waals surface area contributed by atoms with E-state index in [1.807, 2.05) is 4.90 Å². The van der Waals surface area contributed by atoms with Gasteiger partial charge in [-0.05, 0) is 31.6 Å². The Kier molecular flexibility index (Phi) is 5.08. The minimum Gasteiger partial charge on any atom is -0.481 e. The van der Waals surface area contributed by atoms with Crippen molar-refractivity contribution < 1.29 is 19.4 Å². The molecule has 21 heavy (non-hydrogen) atoms. The second-order valence-corrected chi connectivity index (χ2v) is 6.63. The summed E-state index contributed by atoms with van der Waals surface area (Å²) in [7, 11) is 0. The summed E-state index contributed by atoms with van der Waals surface area (Å²) >= 11 is 0. The van der Waals surface area contributed by atoms with Crippen molar-refractivity contribution >= 4 is 12.0 Å². The van der Waals surface area contributed by atoms with Crippen LogP contribution < -0.4 is 5.32 Å². The van der Waals surface area contributed by atoms with Gasteiger partial charge in [0.2, 0.25) is 0 Å². The highest BCUT2D eigenvalue weighted by Gasteiger charge is 2.41. The molecule has 0 aromatic heterocycles. The van der Waals surface area contributed by atoms with Crippen molar-refractivity contribution in [1.29, 1.82) is 0 Å². The summed E-state index contributed by atoms with van der Waals surface area (Å²) in [6.07, 6.45) is 3.02. The molecule has 1 aliphatic carbocycles. The quantitative estimate of drug-likeness (QED) is 0.782. The van der Waals surface area contributed by atoms with Gasteiger partial charge in [-0.1, -0.05) is 13.8 Å². The number of nitrogens with zero attached hydrogens (tertiary/aromatic N) is 1. The SMILES string of the molecule is CC(C)CN(C(=O)NCC1(C(=O)O)CCOCC1)C1CC1. The molecule has 0 aromatic carbocycles. The Morgan fingerprint density at radius 3 is 2.43 bits per heavy atom. The van der Waals surface area contributed by atoms with Gasteiger partial charge in [-0.25, -0.2) is 4.79 Å². The molecule has 2 amide bonds. The maximum Gasteiger partial charge on any atom is 0.317 e. The van der Waals surface area contributed by atoms with Crippen LogP contribution in [-0.2, 0) is 9.53 Å². The first-order chi connectivity index (χ1) is 9.94. The van der Waals surface area contributed by atoms with Gasteiger partial charge in [0.15, 0.2) is 0 Å². The van der Waals surface area contributed by atoms with Gasteiger partial charge in [0.1, 0.15) is 0 Å². The van der Waals surface area contributed by atoms with Gasteiger partial charge in [-0.2, -0.15) is 0 Å². The molecule has 1 saturated carbocycles. The topological polar surface area (TPSA) is 78.9 Å². The minimum absolute atomic E-state index is 0.127. The lowest BCUT2D eigenvalue weighted by Gasteiger charge is -2.34. The molecule has 1 aliphatic heterocycles. The van der Waals surface area contributed by atoms with Gasteiger partial charge in [0, 0.05) is 32.3 Å². The molecule has 2 N–H and O–H groups in total. The number of rotatable bonds is 6. The molecule has 6 nitrogen and oxygen atoms in total. The zero-order valence-electron chi connectivity index (χ0n) is 12.9. The average molecular weight is 298 g/mol. The molecule has 6 heteroatoms. The summed E-state index contributed by atoms with van der Waals surface area (Å²) in [5.41, 5.74) is -0.874. The van der Waals surface area contributed by atoms with E-state index in [0.29, 0.717) is 38.0 Å². The van der Waals surface area contributed by atoms with Crippen LogP contribution in [0.4, 0.5) is 4.79 Å². The Morgan fingerprint density at radius 2 is 1.95 bits per heavy atom. The van der Waals surface area contributed by atoms with Gasteiger partial charge in [0.25, 0.3) is 0 Å². The standard InChI is InChI=1S/C15H26N2O4/c1-11(2)9-17(12-3-4-12)14(20)16-10-15(13(18)19)5-7-21-8-6-15/h11-12H,3-10H2,1-2H3,(H,16,20)(H,18,19). The molecule has 2 fully saturated rings. The molecule has 0 atom stereocenters. The lowest BCUT2D eigenvalue weighted by atomic mass is 9.80. The number of carboxylic acids is 1. The highest BCUT2D eigenvalue weighted by molar-refractivity contribution is 5.78. The Morgan fingerprint density at radius 1 is 1.33 bits per heavy atom. The van der Waals surface area contributed by atoms with Gasteiger partial charge in [-0.3, -0.25) is 4.79 Å². The van der Waals surface area contributed by atoms with Gasteiger partial charge in [0.05, 0.1) is 5.41 Å². The van der Waals surface area contributed by atoms with E-state index in [2.05, 4.69) is 19.2 Å². The Hall–Kier alpha value is -1.30. The fraction of sp³-hybridized carbons (Fsp3) is 0.867. The smallest absolute Gasteiger partial charge is 0.317 e. The maximum atomic E-state index is 12.4. The maximum absolute atomic E-state index is 12.4. The van der Waals surface area contributed by atoms with E-state index in [1.165, 1.54) is 0 Å². The molecule has 0 unspecified atom stereocenters. The zero-order chi connectivity index (χ0) is 15.5. The van der Waals surface area contributed by atoms with Crippen molar-refractivity contribution in [1.82, 2.24) is 10.2 Å². The van der Waals surface area contributed by atoms with Crippen LogP contribution >= 0.6 is 0 Å². The summed E-state index contributed by atoms with van der Waals surface area (Å²) in [6.45, 7) is 5.96. The van der Waals surface area contributed by atoms with E-state index in [0.717, 1.165) is 19.4 Å². The zero-order valence-corrected chi connectivity index (χ0v) is 12.9. The van der Waals surface area contributed by atoms with Crippen molar-refractivity contribution in [2.45, 2.75) is 45.6 Å². The van der Waals surface area contributed by atoms with Crippen LogP contribution in [0.2, 0.25) is 0 Å². The highest BCUT2D eigenvalue weighted by atomic mass is 16.5. The Bertz CT molecular complexity index is 387. The van der Waals surface area contributed by atoms with Crippen LogP contribution in [0.1, 0.15) is 39.5 Å². The molecule has 0 radical (unpaired) electrons. The van der Waals surface area contributed by atoms with E-state index < -0.39 is 11.4 Å². The molecule has 120 valence electrons. The van der Waals surface area contributed by atoms with E-state index in [1.54, 1.807) is 0 Å². The first-order valence-corrected chi connectivity index (χ1v) is 7.80. The number of nitrogens with one attached hydrogen (secondary N) is 1. The molecular weight excluding hydrogens is 272 g/mol. The Balaban J connectivity index is 1.92. The second kappa shape index (κ2) is 6.64. The summed E-state index contributed by atoms with van der Waals surface area (Å²) in [5, 5.41) is 12.3. The van der Waals surface area contributed by atoms with Crippen molar-refractivity contribution in [3.63, 3.8) is 0 Å². The van der Waals surface area contributed by atoms with Crippen molar-refractivity contribution in [3.05, 3.63) is 0 Å². The fourth-order valence-corrected chi connectivity index (χ4v) is 2.75. The number of aliphatic carboxylic acids is 1. The Labute approximate surface area is 125 Å². The number of carbonyl (C=O) groups excluding carboxylic acids is 1. The molecule has 0 aromatic rings. The van der Waals surface area contributed by atoms with Crippen LogP contribution in [-0.4, -0.2) is 54.4 Å². The van der Waals surface area contributed by atoms with Crippen molar-refractivity contribution in [3.8, 4) is 0 Å². The normalized spacial score (nSPS) is 21.1. The predicted molar refractivity (Wildman–Crippen MR) is 78.1 cm³/mol. The van der Waals surface area contributed by atoms with Crippen LogP contribution in [0.25, 0.3) is 0 Å². The van der Waals surface area contributed by atoms with Crippen LogP contribution in [0.5, 0.6) is 0 Å². The molecule has 2 rings (SSSR count). The van der Waals surface area contributed by atoms with Gasteiger partial charge in [-0.15, -0.1) is 0 Å². The van der Waals surface area contributed by atoms with E-state index >= 15 is 0 Å². The molecule has 1 saturated heterocycles. The number of hydrogen-bond donors (Lipinski definition) is 2. The predicted octanol–water partition coefficient (Wildman–Crippen LogP) is 1.70. The second-order valence-electron chi connectivity index (χ2n) is 6.63. The summed E-state index contributed by atoms with van der Waals surface area (Å²) in [4.78, 5) is 25.8. The third-order valence-electron chi connectivity index (χ3n) is 4.29. The fourth-order valence-electron chi connectivity index (χ4n) is 2.75. The summed E-state index contributed by atoms with van der Waals surface area (Å²) in [6, 6.07) is 0.209. The lowest BCUT2D eigenvalue weighted by Crippen LogP contribution is -2.50. The van der Waals surface area contributed by atoms with Crippen LogP contribution in [0.15, 0.2) is 0 Å². The average Bonchev–Trinajstić information content (AvgIpc) is 3.27. The minimum atomic E-state index is -0.874. The van der Waals surface area contributed by atoms with Gasteiger partial charge < -0.3 is 20.1 Å². The number of ether oxygens (including phenoxy) is 1. The largest absolute Gasteiger partial charge is 0.481 e. The number of amides is 2.